The van der Waals surface area contributed by atoms with Gasteiger partial charge in [0, 0.05) is 5.92 Å². The maximum absolute atomic E-state index is 6.21. The quantitative estimate of drug-likeness (QED) is 0.338. The highest BCUT2D eigenvalue weighted by Crippen LogP contribution is 2.35. The highest BCUT2D eigenvalue weighted by atomic mass is 16.5. The predicted molar refractivity (Wildman–Crippen MR) is 116 cm³/mol. The van der Waals surface area contributed by atoms with Crippen LogP contribution in [0, 0.1) is 17.8 Å². The molecule has 0 spiro atoms. The van der Waals surface area contributed by atoms with Crippen molar-refractivity contribution in [2.24, 2.45) is 17.8 Å². The lowest BCUT2D eigenvalue weighted by atomic mass is 9.79. The summed E-state index contributed by atoms with van der Waals surface area (Å²) in [7, 11) is 0. The average molecular weight is 369 g/mol. The monoisotopic (exact) mass is 368 g/mol. The van der Waals surface area contributed by atoms with Gasteiger partial charge in [-0.1, -0.05) is 75.9 Å². The summed E-state index contributed by atoms with van der Waals surface area (Å²) in [5.41, 5.74) is 2.77. The third-order valence-electron chi connectivity index (χ3n) is 6.83. The summed E-state index contributed by atoms with van der Waals surface area (Å²) >= 11 is 0. The van der Waals surface area contributed by atoms with Crippen LogP contribution < -0.4 is 0 Å². The molecule has 150 valence electrons. The summed E-state index contributed by atoms with van der Waals surface area (Å²) in [5.74, 6) is 2.46. The molecule has 2 fully saturated rings. The molecule has 1 nitrogen and oxygen atoms in total. The first-order chi connectivity index (χ1) is 13.3. The van der Waals surface area contributed by atoms with Crippen LogP contribution in [-0.2, 0) is 11.2 Å². The van der Waals surface area contributed by atoms with Crippen molar-refractivity contribution in [1.82, 2.24) is 0 Å². The second-order valence-electron chi connectivity index (χ2n) is 8.92. The van der Waals surface area contributed by atoms with Gasteiger partial charge in [0.1, 0.15) is 0 Å². The molecule has 1 heteroatoms. The molecule has 2 unspecified atom stereocenters. The van der Waals surface area contributed by atoms with Crippen molar-refractivity contribution in [2.45, 2.75) is 90.6 Å². The van der Waals surface area contributed by atoms with Gasteiger partial charge in [-0.05, 0) is 67.9 Å². The van der Waals surface area contributed by atoms with Crippen LogP contribution in [0.4, 0.5) is 0 Å². The predicted octanol–water partition coefficient (Wildman–Crippen LogP) is 7.66. The Balaban J connectivity index is 1.36. The highest BCUT2D eigenvalue weighted by Gasteiger charge is 2.23. The second-order valence-corrected chi connectivity index (χ2v) is 8.92. The number of unbranched alkanes of at least 4 members (excludes halogenated alkanes) is 2. The van der Waals surface area contributed by atoms with Gasteiger partial charge >= 0.3 is 0 Å². The normalized spacial score (nSPS) is 29.3. The molecule has 1 saturated heterocycles. The molecule has 1 heterocycles. The van der Waals surface area contributed by atoms with Crippen molar-refractivity contribution in [2.75, 3.05) is 6.61 Å². The SMILES string of the molecule is CCCCCC1CCC(C=CC2CCC(c3ccc(CC)cc3)OC2)CC1. The summed E-state index contributed by atoms with van der Waals surface area (Å²) in [6, 6.07) is 9.03. The van der Waals surface area contributed by atoms with Crippen LogP contribution >= 0.6 is 0 Å². The van der Waals surface area contributed by atoms with Crippen LogP contribution in [0.25, 0.3) is 0 Å². The molecule has 0 aromatic heterocycles. The average Bonchev–Trinajstić information content (AvgIpc) is 2.74. The molecule has 1 aliphatic heterocycles. The summed E-state index contributed by atoms with van der Waals surface area (Å²) in [4.78, 5) is 0. The largest absolute Gasteiger partial charge is 0.373 e. The van der Waals surface area contributed by atoms with Gasteiger partial charge in [0.05, 0.1) is 12.7 Å². The van der Waals surface area contributed by atoms with E-state index in [0.29, 0.717) is 12.0 Å². The first-order valence-corrected chi connectivity index (χ1v) is 11.7. The van der Waals surface area contributed by atoms with Gasteiger partial charge < -0.3 is 4.74 Å². The van der Waals surface area contributed by atoms with Crippen molar-refractivity contribution in [3.8, 4) is 0 Å². The van der Waals surface area contributed by atoms with Crippen LogP contribution in [0.1, 0.15) is 95.3 Å². The fraction of sp³-hybridized carbons (Fsp3) is 0.692. The van der Waals surface area contributed by atoms with E-state index in [1.54, 1.807) is 0 Å². The van der Waals surface area contributed by atoms with E-state index < -0.39 is 0 Å². The Kier molecular flexibility index (Phi) is 8.45. The molecule has 27 heavy (non-hydrogen) atoms. The van der Waals surface area contributed by atoms with E-state index in [0.717, 1.165) is 31.3 Å². The highest BCUT2D eigenvalue weighted by molar-refractivity contribution is 5.24. The van der Waals surface area contributed by atoms with Crippen molar-refractivity contribution in [3.63, 3.8) is 0 Å². The number of rotatable bonds is 8. The topological polar surface area (TPSA) is 9.23 Å². The minimum atomic E-state index is 0.305. The summed E-state index contributed by atoms with van der Waals surface area (Å²) in [6.07, 6.45) is 20.3. The summed E-state index contributed by atoms with van der Waals surface area (Å²) in [6.45, 7) is 5.41. The minimum Gasteiger partial charge on any atom is -0.373 e. The van der Waals surface area contributed by atoms with Crippen LogP contribution in [-0.4, -0.2) is 6.61 Å². The van der Waals surface area contributed by atoms with Gasteiger partial charge in [-0.15, -0.1) is 0 Å². The first-order valence-electron chi connectivity index (χ1n) is 11.7. The first kappa shape index (κ1) is 20.6. The number of benzene rings is 1. The molecule has 1 aliphatic carbocycles. The van der Waals surface area contributed by atoms with E-state index in [-0.39, 0.29) is 0 Å². The number of hydrogen-bond acceptors (Lipinski definition) is 1. The third kappa shape index (κ3) is 6.49. The molecule has 1 saturated carbocycles. The van der Waals surface area contributed by atoms with Crippen LogP contribution in [0.2, 0.25) is 0 Å². The van der Waals surface area contributed by atoms with E-state index in [9.17, 15) is 0 Å². The number of allylic oxidation sites excluding steroid dienone is 1. The molecule has 0 amide bonds. The Morgan fingerprint density at radius 3 is 2.19 bits per heavy atom. The van der Waals surface area contributed by atoms with E-state index in [4.69, 9.17) is 4.74 Å². The lowest BCUT2D eigenvalue weighted by molar-refractivity contribution is -0.00537. The number of hydrogen-bond donors (Lipinski definition) is 0. The van der Waals surface area contributed by atoms with Crippen molar-refractivity contribution >= 4 is 0 Å². The lowest BCUT2D eigenvalue weighted by Crippen LogP contribution is -2.20. The smallest absolute Gasteiger partial charge is 0.0825 e. The van der Waals surface area contributed by atoms with Gasteiger partial charge in [-0.3, -0.25) is 0 Å². The molecule has 0 N–H and O–H groups in total. The van der Waals surface area contributed by atoms with E-state index >= 15 is 0 Å². The fourth-order valence-electron chi connectivity index (χ4n) is 4.82. The van der Waals surface area contributed by atoms with Gasteiger partial charge in [0.15, 0.2) is 0 Å². The Morgan fingerprint density at radius 1 is 0.852 bits per heavy atom. The minimum absolute atomic E-state index is 0.305. The molecule has 2 aliphatic rings. The van der Waals surface area contributed by atoms with Crippen LogP contribution in [0.3, 0.4) is 0 Å². The number of aryl methyl sites for hydroxylation is 1. The van der Waals surface area contributed by atoms with Crippen LogP contribution in [0.15, 0.2) is 36.4 Å². The van der Waals surface area contributed by atoms with E-state index in [2.05, 4.69) is 50.3 Å². The fourth-order valence-corrected chi connectivity index (χ4v) is 4.82. The van der Waals surface area contributed by atoms with Gasteiger partial charge in [0.25, 0.3) is 0 Å². The molecular weight excluding hydrogens is 328 g/mol. The van der Waals surface area contributed by atoms with E-state index in [1.807, 2.05) is 0 Å². The maximum atomic E-state index is 6.21. The lowest BCUT2D eigenvalue weighted by Gasteiger charge is -2.29. The molecule has 1 aromatic rings. The molecule has 3 rings (SSSR count). The third-order valence-corrected chi connectivity index (χ3v) is 6.83. The molecular formula is C26H40O. The van der Waals surface area contributed by atoms with Gasteiger partial charge in [-0.25, -0.2) is 0 Å². The number of ether oxygens (including phenoxy) is 1. The van der Waals surface area contributed by atoms with Crippen molar-refractivity contribution in [1.29, 1.82) is 0 Å². The second kappa shape index (κ2) is 11.1. The molecule has 0 radical (unpaired) electrons. The van der Waals surface area contributed by atoms with Crippen LogP contribution in [0.5, 0.6) is 0 Å². The standard InChI is InChI=1S/C26H40O/c1-3-5-6-7-22-8-10-23(11-9-22)12-13-24-16-19-26(27-20-24)25-17-14-21(4-2)15-18-25/h12-15,17-18,22-24,26H,3-11,16,19-20H2,1-2H3. The Hall–Kier alpha value is -1.08. The molecule has 0 bridgehead atoms. The maximum Gasteiger partial charge on any atom is 0.0825 e. The van der Waals surface area contributed by atoms with Crippen molar-refractivity contribution < 1.29 is 4.74 Å². The Morgan fingerprint density at radius 2 is 1.56 bits per heavy atom. The zero-order valence-corrected chi connectivity index (χ0v) is 17.7. The molecule has 2 atom stereocenters. The Labute approximate surface area is 167 Å². The molecule has 1 aromatic carbocycles. The zero-order valence-electron chi connectivity index (χ0n) is 17.7. The van der Waals surface area contributed by atoms with Gasteiger partial charge in [0.2, 0.25) is 0 Å². The zero-order chi connectivity index (χ0) is 18.9. The summed E-state index contributed by atoms with van der Waals surface area (Å²) in [5, 5.41) is 0. The van der Waals surface area contributed by atoms with Crippen molar-refractivity contribution in [3.05, 3.63) is 47.5 Å². The summed E-state index contributed by atoms with van der Waals surface area (Å²) < 4.78 is 6.21. The Bertz CT molecular complexity index is 542. The van der Waals surface area contributed by atoms with E-state index in [1.165, 1.54) is 68.9 Å². The van der Waals surface area contributed by atoms with Gasteiger partial charge in [-0.2, -0.15) is 0 Å².